The van der Waals surface area contributed by atoms with E-state index in [1.165, 1.54) is 6.07 Å². The van der Waals surface area contributed by atoms with Crippen LogP contribution in [0.5, 0.6) is 5.75 Å². The highest BCUT2D eigenvalue weighted by Gasteiger charge is 2.65. The van der Waals surface area contributed by atoms with Gasteiger partial charge in [0.15, 0.2) is 11.4 Å². The molecule has 5 rings (SSSR count). The second-order valence-corrected chi connectivity index (χ2v) is 9.65. The Balaban J connectivity index is 1.79. The van der Waals surface area contributed by atoms with Crippen LogP contribution in [0.2, 0.25) is 0 Å². The lowest BCUT2D eigenvalue weighted by Crippen LogP contribution is -2.63. The summed E-state index contributed by atoms with van der Waals surface area (Å²) >= 11 is 0. The molecule has 2 aromatic rings. The van der Waals surface area contributed by atoms with Gasteiger partial charge in [-0.05, 0) is 34.7 Å². The van der Waals surface area contributed by atoms with Crippen LogP contribution in [0.1, 0.15) is 40.7 Å². The normalized spacial score (nSPS) is 28.9. The number of carbonyl (C=O) groups excluding carboxylic acids is 4. The molecule has 7 N–H and O–H groups in total. The molecule has 0 saturated heterocycles. The Morgan fingerprint density at radius 3 is 2.49 bits per heavy atom. The Bertz CT molecular complexity index is 1490. The maximum atomic E-state index is 13.7. The Morgan fingerprint density at radius 2 is 1.84 bits per heavy atom. The predicted octanol–water partition coefficient (Wildman–Crippen LogP) is 1.44. The topological polar surface area (TPSA) is 195 Å². The van der Waals surface area contributed by atoms with E-state index in [2.05, 4.69) is 0 Å². The number of phenols is 1. The van der Waals surface area contributed by atoms with Gasteiger partial charge in [0, 0.05) is 29.4 Å². The van der Waals surface area contributed by atoms with E-state index in [0.717, 1.165) is 0 Å². The van der Waals surface area contributed by atoms with Crippen LogP contribution in [0.3, 0.4) is 0 Å². The molecule has 0 unspecified atom stereocenters. The number of rotatable bonds is 3. The molecule has 37 heavy (non-hydrogen) atoms. The summed E-state index contributed by atoms with van der Waals surface area (Å²) in [5.74, 6) is -9.28. The van der Waals surface area contributed by atoms with Crippen molar-refractivity contribution < 1.29 is 44.7 Å². The molecule has 0 radical (unpaired) electrons. The number of aldehydes is 1. The Kier molecular flexibility index (Phi) is 5.36. The van der Waals surface area contributed by atoms with E-state index in [9.17, 15) is 44.7 Å². The minimum Gasteiger partial charge on any atom is -0.508 e. The number of phenolic OH excluding ortho intramolecular Hbond substituents is 1. The summed E-state index contributed by atoms with van der Waals surface area (Å²) in [6.07, 6.45) is -1.61. The van der Waals surface area contributed by atoms with E-state index in [0.29, 0.717) is 28.5 Å². The molecule has 2 aromatic carbocycles. The van der Waals surface area contributed by atoms with Crippen LogP contribution in [-0.2, 0) is 14.4 Å². The third kappa shape index (κ3) is 3.12. The van der Waals surface area contributed by atoms with Crippen LogP contribution in [0, 0.1) is 11.8 Å². The number of fused-ring (bicyclic) bond motifs is 3. The number of ketones is 2. The van der Waals surface area contributed by atoms with Crippen molar-refractivity contribution in [3.63, 3.8) is 0 Å². The lowest BCUT2D eigenvalue weighted by molar-refractivity contribution is -0.160. The maximum absolute atomic E-state index is 13.7. The predicted molar refractivity (Wildman–Crippen MR) is 128 cm³/mol. The van der Waals surface area contributed by atoms with Crippen molar-refractivity contribution >= 4 is 29.5 Å². The van der Waals surface area contributed by atoms with Crippen LogP contribution in [0.15, 0.2) is 53.3 Å². The van der Waals surface area contributed by atoms with Gasteiger partial charge in [0.1, 0.15) is 29.1 Å². The van der Waals surface area contributed by atoms with Crippen molar-refractivity contribution in [2.45, 2.75) is 31.0 Å². The highest BCUT2D eigenvalue weighted by atomic mass is 16.4. The summed E-state index contributed by atoms with van der Waals surface area (Å²) in [5.41, 5.74) is 2.66. The molecule has 0 aliphatic heterocycles. The Morgan fingerprint density at radius 1 is 1.14 bits per heavy atom. The zero-order valence-corrected chi connectivity index (χ0v) is 19.5. The summed E-state index contributed by atoms with van der Waals surface area (Å²) in [7, 11) is 0. The Labute approximate surface area is 210 Å². The summed E-state index contributed by atoms with van der Waals surface area (Å²) in [4.78, 5) is 49.4. The number of Topliss-reactive ketones (excluding diaryl/α,β-unsaturated/α-hetero) is 2. The molecule has 0 bridgehead atoms. The fourth-order valence-corrected chi connectivity index (χ4v) is 6.11. The number of aliphatic hydroxyl groups is 4. The fraction of sp³-hybridized carbons (Fsp3) is 0.259. The molecule has 10 heteroatoms. The molecular formula is C27H23NO9. The van der Waals surface area contributed by atoms with Crippen molar-refractivity contribution in [3.8, 4) is 16.9 Å². The van der Waals surface area contributed by atoms with Crippen LogP contribution in [0.25, 0.3) is 16.9 Å². The van der Waals surface area contributed by atoms with E-state index in [4.69, 9.17) is 5.73 Å². The molecule has 1 fully saturated rings. The van der Waals surface area contributed by atoms with Gasteiger partial charge in [0.2, 0.25) is 5.78 Å². The zero-order chi connectivity index (χ0) is 27.0. The minimum atomic E-state index is -2.89. The molecule has 10 nitrogen and oxygen atoms in total. The number of aromatic hydroxyl groups is 1. The highest BCUT2D eigenvalue weighted by Crippen LogP contribution is 2.57. The van der Waals surface area contributed by atoms with Gasteiger partial charge < -0.3 is 31.3 Å². The largest absolute Gasteiger partial charge is 0.508 e. The summed E-state index contributed by atoms with van der Waals surface area (Å²) in [6.45, 7) is 1.65. The number of carbonyl (C=O) groups is 4. The Hall–Kier alpha value is -4.28. The number of benzene rings is 2. The summed E-state index contributed by atoms with van der Waals surface area (Å²) in [5, 5.41) is 55.5. The van der Waals surface area contributed by atoms with Gasteiger partial charge in [-0.3, -0.25) is 19.2 Å². The number of hydrogen-bond donors (Lipinski definition) is 6. The van der Waals surface area contributed by atoms with Crippen molar-refractivity contribution in [2.75, 3.05) is 0 Å². The molecule has 3 aliphatic carbocycles. The fourth-order valence-electron chi connectivity index (χ4n) is 6.11. The molecule has 1 saturated carbocycles. The first kappa shape index (κ1) is 24.4. The second-order valence-electron chi connectivity index (χ2n) is 9.65. The number of amides is 1. The molecule has 0 aromatic heterocycles. The molecule has 1 amide bonds. The highest BCUT2D eigenvalue weighted by molar-refractivity contribution is 6.23. The van der Waals surface area contributed by atoms with Crippen LogP contribution < -0.4 is 5.73 Å². The summed E-state index contributed by atoms with van der Waals surface area (Å²) < 4.78 is 0. The molecule has 0 heterocycles. The number of nitrogens with two attached hydrogens (primary N) is 1. The van der Waals surface area contributed by atoms with Crippen molar-refractivity contribution in [3.05, 3.63) is 70.0 Å². The van der Waals surface area contributed by atoms with E-state index < -0.39 is 76.0 Å². The SMILES string of the molecule is C[C@H]1c2c(-c3cccc(C=O)c3)ccc(O)c2C(O)=C2C(=O)[C@]3(O)C(O)=C(C(N)=O)C(=O)C[C@@H]3[C@@H](O)[C@@H]21. The van der Waals surface area contributed by atoms with Crippen molar-refractivity contribution in [2.24, 2.45) is 17.6 Å². The van der Waals surface area contributed by atoms with Crippen LogP contribution >= 0.6 is 0 Å². The van der Waals surface area contributed by atoms with E-state index >= 15 is 0 Å². The standard InChI is InChI=1S/C27H23NO9/c1-10-17-13(12-4-2-3-11(7-12)9-29)5-6-15(30)19(17)23(33)21-18(10)22(32)14-8-16(31)20(26(28)36)24(34)27(14,37)25(21)35/h2-7,9-10,14,18,22,30,32-34,37H,8H2,1H3,(H2,28,36)/t10-,14+,18+,22+,27+/m0/s1. The third-order valence-electron chi connectivity index (χ3n) is 7.81. The smallest absolute Gasteiger partial charge is 0.255 e. The first-order chi connectivity index (χ1) is 17.4. The van der Waals surface area contributed by atoms with Crippen LogP contribution in [0.4, 0.5) is 0 Å². The summed E-state index contributed by atoms with van der Waals surface area (Å²) in [6, 6.07) is 9.47. The molecule has 190 valence electrons. The van der Waals surface area contributed by atoms with Crippen LogP contribution in [-0.4, -0.2) is 61.0 Å². The molecule has 3 aliphatic rings. The lowest BCUT2D eigenvalue weighted by Gasteiger charge is -2.50. The quantitative estimate of drug-likeness (QED) is 0.264. The van der Waals surface area contributed by atoms with Gasteiger partial charge in [-0.15, -0.1) is 0 Å². The van der Waals surface area contributed by atoms with Crippen molar-refractivity contribution in [1.29, 1.82) is 0 Å². The van der Waals surface area contributed by atoms with E-state index in [-0.39, 0.29) is 11.3 Å². The van der Waals surface area contributed by atoms with Gasteiger partial charge in [0.05, 0.1) is 11.7 Å². The number of hydrogen-bond acceptors (Lipinski definition) is 9. The number of primary amides is 1. The van der Waals surface area contributed by atoms with E-state index in [1.807, 2.05) is 0 Å². The minimum absolute atomic E-state index is 0.110. The molecule has 5 atom stereocenters. The average molecular weight is 505 g/mol. The van der Waals surface area contributed by atoms with Gasteiger partial charge in [-0.1, -0.05) is 31.2 Å². The number of aliphatic hydroxyl groups excluding tert-OH is 3. The third-order valence-corrected chi connectivity index (χ3v) is 7.81. The van der Waals surface area contributed by atoms with Gasteiger partial charge in [0.25, 0.3) is 5.91 Å². The van der Waals surface area contributed by atoms with Gasteiger partial charge in [-0.2, -0.15) is 0 Å². The lowest BCUT2D eigenvalue weighted by atomic mass is 9.55. The van der Waals surface area contributed by atoms with Gasteiger partial charge >= 0.3 is 0 Å². The second kappa shape index (κ2) is 8.12. The first-order valence-electron chi connectivity index (χ1n) is 11.5. The molecular weight excluding hydrogens is 482 g/mol. The molecule has 0 spiro atoms. The first-order valence-corrected chi connectivity index (χ1v) is 11.5. The van der Waals surface area contributed by atoms with E-state index in [1.54, 1.807) is 37.3 Å². The zero-order valence-electron chi connectivity index (χ0n) is 19.5. The maximum Gasteiger partial charge on any atom is 0.255 e. The van der Waals surface area contributed by atoms with Crippen molar-refractivity contribution in [1.82, 2.24) is 0 Å². The van der Waals surface area contributed by atoms with Gasteiger partial charge in [-0.25, -0.2) is 0 Å². The monoisotopic (exact) mass is 505 g/mol. The average Bonchev–Trinajstić information content (AvgIpc) is 2.86.